The van der Waals surface area contributed by atoms with Gasteiger partial charge in [-0.25, -0.2) is 8.42 Å². The van der Waals surface area contributed by atoms with Crippen LogP contribution in [0.15, 0.2) is 83.8 Å². The zero-order chi connectivity index (χ0) is 30.3. The first-order valence-electron chi connectivity index (χ1n) is 12.5. The van der Waals surface area contributed by atoms with Crippen LogP contribution in [0.2, 0.25) is 0 Å². The van der Waals surface area contributed by atoms with E-state index in [0.717, 1.165) is 30.0 Å². The summed E-state index contributed by atoms with van der Waals surface area (Å²) in [4.78, 5) is 32.8. The van der Waals surface area contributed by atoms with Crippen LogP contribution in [-0.2, 0) is 31.5 Å². The first-order valence-corrected chi connectivity index (χ1v) is 15.6. The Morgan fingerprint density at radius 3 is 2.29 bits per heavy atom. The molecule has 10 nitrogen and oxygen atoms in total. The maximum Gasteiger partial charge on any atom is 0.399 e. The Kier molecular flexibility index (Phi) is 10.6. The normalized spacial score (nSPS) is 12.9. The van der Waals surface area contributed by atoms with Crippen molar-refractivity contribution < 1.29 is 41.1 Å². The number of halogens is 2. The summed E-state index contributed by atoms with van der Waals surface area (Å²) < 4.78 is 73.2. The maximum absolute atomic E-state index is 14.0. The molecule has 0 aliphatic heterocycles. The fourth-order valence-electron chi connectivity index (χ4n) is 3.74. The molecule has 0 saturated heterocycles. The lowest BCUT2D eigenvalue weighted by molar-refractivity contribution is -0.122. The number of nitrogens with one attached hydrogen (secondary N) is 2. The lowest BCUT2D eigenvalue weighted by Crippen LogP contribution is -2.48. The van der Waals surface area contributed by atoms with Gasteiger partial charge in [0.2, 0.25) is 15.9 Å². The number of anilines is 1. The van der Waals surface area contributed by atoms with Crippen LogP contribution in [0.1, 0.15) is 17.5 Å². The summed E-state index contributed by atoms with van der Waals surface area (Å²) in [5.74, 6) is 0.00698. The molecule has 0 fully saturated rings. The van der Waals surface area contributed by atoms with Crippen LogP contribution in [-0.4, -0.2) is 57.4 Å². The van der Waals surface area contributed by atoms with Crippen molar-refractivity contribution in [1.29, 1.82) is 0 Å². The highest BCUT2D eigenvalue weighted by Gasteiger charge is 2.50. The average Bonchev–Trinajstić information content (AvgIpc) is 2.92. The third-order valence-electron chi connectivity index (χ3n) is 6.00. The minimum atomic E-state index is -5.76. The minimum Gasteiger partial charge on any atom is -0.493 e. The van der Waals surface area contributed by atoms with Gasteiger partial charge in [0.05, 0.1) is 11.5 Å². The van der Waals surface area contributed by atoms with Crippen molar-refractivity contribution in [3.05, 3.63) is 90.0 Å². The number of nitrogens with zero attached hydrogens (tertiary/aromatic N) is 1. The maximum atomic E-state index is 14.0. The first-order chi connectivity index (χ1) is 19.2. The molecule has 0 bridgehead atoms. The Labute approximate surface area is 237 Å². The summed E-state index contributed by atoms with van der Waals surface area (Å²) in [5.41, 5.74) is -4.05. The topological polar surface area (TPSA) is 145 Å². The van der Waals surface area contributed by atoms with E-state index in [-0.39, 0.29) is 30.0 Å². The summed E-state index contributed by atoms with van der Waals surface area (Å²) in [5, 5.41) is 2.67. The largest absolute Gasteiger partial charge is 0.493 e. The van der Waals surface area contributed by atoms with Crippen molar-refractivity contribution in [2.45, 2.75) is 29.4 Å². The molecule has 0 aromatic heterocycles. The smallest absolute Gasteiger partial charge is 0.399 e. The van der Waals surface area contributed by atoms with E-state index in [1.165, 1.54) is 24.3 Å². The van der Waals surface area contributed by atoms with Crippen LogP contribution in [0.4, 0.5) is 14.5 Å². The minimum absolute atomic E-state index is 0.0669. The number of benzene rings is 3. The van der Waals surface area contributed by atoms with Crippen molar-refractivity contribution in [2.75, 3.05) is 32.1 Å². The third-order valence-corrected chi connectivity index (χ3v) is 8.47. The molecular weight excluding hydrogens is 579 g/mol. The lowest BCUT2D eigenvalue weighted by atomic mass is 10.0. The van der Waals surface area contributed by atoms with Crippen LogP contribution in [0, 0.1) is 0 Å². The van der Waals surface area contributed by atoms with E-state index in [2.05, 4.69) is 10.0 Å². The van der Waals surface area contributed by atoms with E-state index >= 15 is 0 Å². The molecular formula is C27H32F2N3O7PS. The molecule has 14 heteroatoms. The Morgan fingerprint density at radius 2 is 1.68 bits per heavy atom. The summed E-state index contributed by atoms with van der Waals surface area (Å²) in [6.07, 6.45) is 0.204. The van der Waals surface area contributed by atoms with Crippen LogP contribution in [0.25, 0.3) is 0 Å². The molecule has 0 aliphatic rings. The predicted molar refractivity (Wildman–Crippen MR) is 151 cm³/mol. The van der Waals surface area contributed by atoms with Gasteiger partial charge in [0.25, 0.3) is 0 Å². The zero-order valence-electron chi connectivity index (χ0n) is 22.4. The van der Waals surface area contributed by atoms with E-state index < -0.39 is 40.8 Å². The number of ether oxygens (including phenoxy) is 1. The molecule has 4 N–H and O–H groups in total. The molecule has 0 spiro atoms. The van der Waals surface area contributed by atoms with Crippen LogP contribution >= 0.6 is 7.60 Å². The first kappa shape index (κ1) is 32.2. The van der Waals surface area contributed by atoms with Gasteiger partial charge in [-0.2, -0.15) is 13.5 Å². The van der Waals surface area contributed by atoms with E-state index in [9.17, 15) is 26.6 Å². The molecule has 0 saturated carbocycles. The Morgan fingerprint density at radius 1 is 1.02 bits per heavy atom. The molecule has 3 rings (SSSR count). The van der Waals surface area contributed by atoms with Gasteiger partial charge in [-0.05, 0) is 42.7 Å². The number of amides is 1. The monoisotopic (exact) mass is 611 g/mol. The highest BCUT2D eigenvalue weighted by molar-refractivity contribution is 7.89. The molecule has 41 heavy (non-hydrogen) atoms. The molecule has 3 aromatic rings. The Balaban J connectivity index is 1.68. The van der Waals surface area contributed by atoms with Gasteiger partial charge in [0, 0.05) is 38.0 Å². The SMILES string of the molecule is CN(C)c1cccc(OCCCNC(=O)C(Cc2ccc(C(F)(F)P(=O)(O)O)cc2)NS(=O)(=O)c2ccccc2)c1. The molecule has 1 atom stereocenters. The highest BCUT2D eigenvalue weighted by atomic mass is 32.2. The number of sulfonamides is 1. The lowest BCUT2D eigenvalue weighted by Gasteiger charge is -2.20. The fraction of sp³-hybridized carbons (Fsp3) is 0.296. The van der Waals surface area contributed by atoms with Gasteiger partial charge in [0.15, 0.2) is 0 Å². The molecule has 0 heterocycles. The van der Waals surface area contributed by atoms with Gasteiger partial charge < -0.3 is 24.7 Å². The third kappa shape index (κ3) is 8.82. The van der Waals surface area contributed by atoms with Gasteiger partial charge in [0.1, 0.15) is 11.8 Å². The Bertz CT molecular complexity index is 1470. The summed E-state index contributed by atoms with van der Waals surface area (Å²) >= 11 is 0. The van der Waals surface area contributed by atoms with Crippen molar-refractivity contribution in [1.82, 2.24) is 10.0 Å². The van der Waals surface area contributed by atoms with Gasteiger partial charge in [-0.3, -0.25) is 9.36 Å². The van der Waals surface area contributed by atoms with Crippen LogP contribution < -0.4 is 19.7 Å². The van der Waals surface area contributed by atoms with E-state index in [1.807, 2.05) is 37.2 Å². The van der Waals surface area contributed by atoms with Crippen LogP contribution in [0.5, 0.6) is 5.75 Å². The van der Waals surface area contributed by atoms with E-state index in [4.69, 9.17) is 14.5 Å². The number of hydrogen-bond donors (Lipinski definition) is 4. The summed E-state index contributed by atoms with van der Waals surface area (Å²) in [6, 6.07) is 17.5. The van der Waals surface area contributed by atoms with E-state index in [1.54, 1.807) is 12.1 Å². The number of alkyl halides is 2. The van der Waals surface area contributed by atoms with E-state index in [0.29, 0.717) is 12.2 Å². The Hall–Kier alpha value is -3.35. The molecule has 1 unspecified atom stereocenters. The molecule has 3 aromatic carbocycles. The number of carbonyl (C=O) groups is 1. The molecule has 1 amide bonds. The van der Waals surface area contributed by atoms with Crippen molar-refractivity contribution in [3.8, 4) is 5.75 Å². The zero-order valence-corrected chi connectivity index (χ0v) is 24.1. The summed E-state index contributed by atoms with van der Waals surface area (Å²) in [6.45, 7) is 0.454. The fourth-order valence-corrected chi connectivity index (χ4v) is 5.44. The van der Waals surface area contributed by atoms with Crippen molar-refractivity contribution in [2.24, 2.45) is 0 Å². The molecule has 0 radical (unpaired) electrons. The van der Waals surface area contributed by atoms with Crippen molar-refractivity contribution >= 4 is 29.2 Å². The highest BCUT2D eigenvalue weighted by Crippen LogP contribution is 2.59. The second-order valence-corrected chi connectivity index (χ2v) is 12.7. The van der Waals surface area contributed by atoms with Gasteiger partial charge in [-0.15, -0.1) is 0 Å². The summed E-state index contributed by atoms with van der Waals surface area (Å²) in [7, 11) is -6.07. The average molecular weight is 612 g/mol. The quantitative estimate of drug-likeness (QED) is 0.160. The predicted octanol–water partition coefficient (Wildman–Crippen LogP) is 3.45. The second kappa shape index (κ2) is 13.5. The molecule has 222 valence electrons. The van der Waals surface area contributed by atoms with Gasteiger partial charge >= 0.3 is 13.3 Å². The van der Waals surface area contributed by atoms with Gasteiger partial charge in [-0.1, -0.05) is 48.5 Å². The number of carbonyl (C=O) groups excluding carboxylic acids is 1. The number of rotatable bonds is 14. The second-order valence-electron chi connectivity index (χ2n) is 9.36. The standard InChI is InChI=1S/C27H32F2N3O7PS/c1-32(2)22-8-6-9-23(19-22)39-17-7-16-30-26(33)25(31-41(37,38)24-10-4-3-5-11-24)18-20-12-14-21(15-13-20)27(28,29)40(34,35)36/h3-6,8-15,19,25,31H,7,16-18H2,1-2H3,(H,30,33)(H2,34,35,36). The molecule has 0 aliphatic carbocycles. The number of hydrogen-bond acceptors (Lipinski definition) is 6. The van der Waals surface area contributed by atoms with Crippen LogP contribution in [0.3, 0.4) is 0 Å². The van der Waals surface area contributed by atoms with Crippen molar-refractivity contribution in [3.63, 3.8) is 0 Å².